The Morgan fingerprint density at radius 2 is 2.08 bits per heavy atom. The average Bonchev–Trinajstić information content (AvgIpc) is 3.20. The van der Waals surface area contributed by atoms with Gasteiger partial charge in [-0.05, 0) is 25.5 Å². The van der Waals surface area contributed by atoms with E-state index in [1.54, 1.807) is 11.3 Å². The van der Waals surface area contributed by atoms with Crippen molar-refractivity contribution in [2.75, 3.05) is 5.84 Å². The lowest BCUT2D eigenvalue weighted by Gasteiger charge is -2.09. The van der Waals surface area contributed by atoms with Crippen LogP contribution in [0.2, 0.25) is 0 Å². The predicted octanol–water partition coefficient (Wildman–Crippen LogP) is 4.06. The van der Waals surface area contributed by atoms with E-state index in [9.17, 15) is 0 Å². The van der Waals surface area contributed by atoms with Gasteiger partial charge in [-0.25, -0.2) is 9.66 Å². The molecule has 0 unspecified atom stereocenters. The van der Waals surface area contributed by atoms with Crippen LogP contribution in [-0.4, -0.2) is 19.9 Å². The van der Waals surface area contributed by atoms with E-state index in [4.69, 9.17) is 10.6 Å². The van der Waals surface area contributed by atoms with Gasteiger partial charge in [-0.3, -0.25) is 0 Å². The minimum absolute atomic E-state index is 0.280. The molecule has 6 nitrogen and oxygen atoms in total. The Hall–Kier alpha value is -2.06. The molecule has 3 aromatic rings. The third-order valence-electron chi connectivity index (χ3n) is 3.83. The number of aryl methyl sites for hydroxylation is 2. The van der Waals surface area contributed by atoms with Gasteiger partial charge < -0.3 is 10.6 Å². The SMILES string of the molecule is Cc1ccc(OCc2nnc(SCc3csc(C(C)C)n3)n2N)c(C)c1. The van der Waals surface area contributed by atoms with Crippen LogP contribution in [0.25, 0.3) is 0 Å². The second-order valence-corrected chi connectivity index (χ2v) is 8.28. The van der Waals surface area contributed by atoms with Crippen molar-refractivity contribution >= 4 is 23.1 Å². The van der Waals surface area contributed by atoms with Gasteiger partial charge in [0.1, 0.15) is 12.4 Å². The van der Waals surface area contributed by atoms with Crippen LogP contribution in [0.4, 0.5) is 0 Å². The Morgan fingerprint density at radius 1 is 1.27 bits per heavy atom. The second kappa shape index (κ2) is 8.09. The molecule has 0 atom stereocenters. The topological polar surface area (TPSA) is 78.9 Å². The minimum Gasteiger partial charge on any atom is -0.485 e. The quantitative estimate of drug-likeness (QED) is 0.485. The first-order valence-corrected chi connectivity index (χ1v) is 10.3. The molecule has 2 N–H and O–H groups in total. The van der Waals surface area contributed by atoms with Crippen LogP contribution < -0.4 is 10.6 Å². The number of hydrogen-bond acceptors (Lipinski definition) is 7. The van der Waals surface area contributed by atoms with Crippen molar-refractivity contribution < 1.29 is 4.74 Å². The standard InChI is InChI=1S/C18H23N5OS2/c1-11(2)17-20-14(9-25-17)10-26-18-22-21-16(23(18)19)8-24-15-6-5-12(3)7-13(15)4/h5-7,9,11H,8,10,19H2,1-4H3. The third-order valence-corrected chi connectivity index (χ3v) is 6.01. The number of benzene rings is 1. The highest BCUT2D eigenvalue weighted by Crippen LogP contribution is 2.25. The van der Waals surface area contributed by atoms with Gasteiger partial charge >= 0.3 is 0 Å². The van der Waals surface area contributed by atoms with Crippen molar-refractivity contribution in [3.63, 3.8) is 0 Å². The van der Waals surface area contributed by atoms with E-state index in [0.29, 0.717) is 16.9 Å². The summed E-state index contributed by atoms with van der Waals surface area (Å²) in [4.78, 5) is 4.63. The molecule has 138 valence electrons. The molecule has 0 spiro atoms. The molecule has 2 heterocycles. The lowest BCUT2D eigenvalue weighted by Crippen LogP contribution is -2.16. The molecule has 0 saturated carbocycles. The van der Waals surface area contributed by atoms with Crippen molar-refractivity contribution in [3.05, 3.63) is 51.2 Å². The van der Waals surface area contributed by atoms with Crippen LogP contribution in [-0.2, 0) is 12.4 Å². The molecule has 3 rings (SSSR count). The average molecular weight is 390 g/mol. The summed E-state index contributed by atoms with van der Waals surface area (Å²) in [6.45, 7) is 8.66. The van der Waals surface area contributed by atoms with E-state index < -0.39 is 0 Å². The first kappa shape index (κ1) is 18.7. The molecular formula is C18H23N5OS2. The number of thiazole rings is 1. The Balaban J connectivity index is 1.60. The molecular weight excluding hydrogens is 366 g/mol. The zero-order chi connectivity index (χ0) is 18.7. The van der Waals surface area contributed by atoms with E-state index in [2.05, 4.69) is 47.4 Å². The lowest BCUT2D eigenvalue weighted by molar-refractivity contribution is 0.289. The first-order chi connectivity index (χ1) is 12.4. The fourth-order valence-electron chi connectivity index (χ4n) is 2.40. The maximum atomic E-state index is 6.12. The molecule has 0 aliphatic heterocycles. The van der Waals surface area contributed by atoms with Gasteiger partial charge in [0.25, 0.3) is 0 Å². The first-order valence-electron chi connectivity index (χ1n) is 8.40. The molecule has 8 heteroatoms. The smallest absolute Gasteiger partial charge is 0.210 e. The zero-order valence-electron chi connectivity index (χ0n) is 15.4. The van der Waals surface area contributed by atoms with Gasteiger partial charge in [-0.1, -0.05) is 43.3 Å². The summed E-state index contributed by atoms with van der Waals surface area (Å²) in [7, 11) is 0. The Kier molecular flexibility index (Phi) is 5.83. The van der Waals surface area contributed by atoms with Crippen molar-refractivity contribution in [2.24, 2.45) is 0 Å². The Bertz CT molecular complexity index is 888. The van der Waals surface area contributed by atoms with Gasteiger partial charge in [0.2, 0.25) is 5.16 Å². The molecule has 0 saturated heterocycles. The Morgan fingerprint density at radius 3 is 2.77 bits per heavy atom. The molecule has 0 aliphatic rings. The van der Waals surface area contributed by atoms with E-state index >= 15 is 0 Å². The summed E-state index contributed by atoms with van der Waals surface area (Å²) in [6.07, 6.45) is 0. The van der Waals surface area contributed by atoms with E-state index in [0.717, 1.165) is 27.8 Å². The number of aromatic nitrogens is 4. The molecule has 2 aromatic heterocycles. The predicted molar refractivity (Wildman–Crippen MR) is 106 cm³/mol. The number of thioether (sulfide) groups is 1. The monoisotopic (exact) mass is 389 g/mol. The number of nitrogens with zero attached hydrogens (tertiary/aromatic N) is 4. The van der Waals surface area contributed by atoms with Gasteiger partial charge in [-0.15, -0.1) is 21.5 Å². The van der Waals surface area contributed by atoms with Gasteiger partial charge in [0, 0.05) is 17.1 Å². The maximum absolute atomic E-state index is 6.12. The van der Waals surface area contributed by atoms with Crippen molar-refractivity contribution in [2.45, 2.75) is 51.1 Å². The summed E-state index contributed by atoms with van der Waals surface area (Å²) in [5.74, 6) is 8.71. The molecule has 0 fully saturated rings. The van der Waals surface area contributed by atoms with Crippen molar-refractivity contribution in [3.8, 4) is 5.75 Å². The van der Waals surface area contributed by atoms with Crippen LogP contribution in [0.5, 0.6) is 5.75 Å². The van der Waals surface area contributed by atoms with Crippen LogP contribution in [0, 0.1) is 13.8 Å². The van der Waals surface area contributed by atoms with E-state index in [-0.39, 0.29) is 6.61 Å². The largest absolute Gasteiger partial charge is 0.485 e. The van der Waals surface area contributed by atoms with Gasteiger partial charge in [0.05, 0.1) is 10.7 Å². The van der Waals surface area contributed by atoms with Crippen LogP contribution >= 0.6 is 23.1 Å². The van der Waals surface area contributed by atoms with Gasteiger partial charge in [0.15, 0.2) is 5.82 Å². The number of nitrogens with two attached hydrogens (primary N) is 1. The fraction of sp³-hybridized carbons (Fsp3) is 0.389. The molecule has 26 heavy (non-hydrogen) atoms. The Labute approximate surface area is 161 Å². The van der Waals surface area contributed by atoms with Crippen molar-refractivity contribution in [1.29, 1.82) is 0 Å². The minimum atomic E-state index is 0.280. The van der Waals surface area contributed by atoms with E-state index in [1.807, 2.05) is 19.1 Å². The normalized spacial score (nSPS) is 11.3. The van der Waals surface area contributed by atoms with Crippen LogP contribution in [0.15, 0.2) is 28.7 Å². The molecule has 1 aromatic carbocycles. The second-order valence-electron chi connectivity index (χ2n) is 6.45. The fourth-order valence-corrected chi connectivity index (χ4v) is 4.11. The maximum Gasteiger partial charge on any atom is 0.210 e. The molecule has 0 amide bonds. The highest BCUT2D eigenvalue weighted by molar-refractivity contribution is 7.98. The van der Waals surface area contributed by atoms with Crippen molar-refractivity contribution in [1.82, 2.24) is 19.9 Å². The number of hydrogen-bond donors (Lipinski definition) is 1. The highest BCUT2D eigenvalue weighted by Gasteiger charge is 2.13. The summed E-state index contributed by atoms with van der Waals surface area (Å²) < 4.78 is 7.33. The number of nitrogen functional groups attached to an aromatic ring is 1. The van der Waals surface area contributed by atoms with Crippen LogP contribution in [0.1, 0.15) is 47.4 Å². The summed E-state index contributed by atoms with van der Waals surface area (Å²) >= 11 is 3.22. The number of ether oxygens (including phenoxy) is 1. The molecule has 0 aliphatic carbocycles. The number of rotatable bonds is 7. The summed E-state index contributed by atoms with van der Waals surface area (Å²) in [6, 6.07) is 6.07. The van der Waals surface area contributed by atoms with E-state index in [1.165, 1.54) is 22.0 Å². The van der Waals surface area contributed by atoms with Gasteiger partial charge in [-0.2, -0.15) is 0 Å². The molecule has 0 radical (unpaired) electrons. The summed E-state index contributed by atoms with van der Waals surface area (Å²) in [5, 5.41) is 12.2. The third kappa shape index (κ3) is 4.37. The summed E-state index contributed by atoms with van der Waals surface area (Å²) in [5.41, 5.74) is 3.34. The molecule has 0 bridgehead atoms. The lowest BCUT2D eigenvalue weighted by atomic mass is 10.1. The van der Waals surface area contributed by atoms with Crippen LogP contribution in [0.3, 0.4) is 0 Å². The zero-order valence-corrected chi connectivity index (χ0v) is 17.0. The highest BCUT2D eigenvalue weighted by atomic mass is 32.2.